The van der Waals surface area contributed by atoms with Crippen LogP contribution in [0.25, 0.3) is 0 Å². The van der Waals surface area contributed by atoms with Crippen LogP contribution in [-0.4, -0.2) is 41.5 Å². The molecule has 9 heteroatoms. The van der Waals surface area contributed by atoms with Crippen LogP contribution in [0.5, 0.6) is 0 Å². The van der Waals surface area contributed by atoms with Gasteiger partial charge < -0.3 is 20.7 Å². The molecular formula is C14H19BCl2N2O4. The summed E-state index contributed by atoms with van der Waals surface area (Å²) in [5, 5.41) is 22.0. The summed E-state index contributed by atoms with van der Waals surface area (Å²) in [6.45, 7) is 3.18. The van der Waals surface area contributed by atoms with Gasteiger partial charge in [0.15, 0.2) is 1.41 Å². The minimum Gasteiger partial charge on any atom is -0.426 e. The second-order valence-electron chi connectivity index (χ2n) is 5.44. The summed E-state index contributed by atoms with van der Waals surface area (Å²) < 4.78 is 7.75. The Hall–Kier alpha value is -1.28. The molecule has 1 aromatic rings. The van der Waals surface area contributed by atoms with Gasteiger partial charge in [0.2, 0.25) is 5.91 Å². The van der Waals surface area contributed by atoms with Gasteiger partial charge in [-0.2, -0.15) is 0 Å². The monoisotopic (exact) mass is 361 g/mol. The lowest BCUT2D eigenvalue weighted by molar-refractivity contribution is -0.120. The maximum atomic E-state index is 12.0. The first-order chi connectivity index (χ1) is 11.1. The van der Waals surface area contributed by atoms with E-state index in [1.807, 2.05) is 13.8 Å². The molecule has 6 nitrogen and oxygen atoms in total. The van der Waals surface area contributed by atoms with E-state index in [0.29, 0.717) is 10.3 Å². The molecule has 0 saturated carbocycles. The van der Waals surface area contributed by atoms with Crippen molar-refractivity contribution < 1.29 is 21.0 Å². The molecule has 0 aliphatic carbocycles. The number of carbonyl (C=O) groups excluding carboxylic acids is 2. The van der Waals surface area contributed by atoms with E-state index in [2.05, 4.69) is 5.32 Å². The summed E-state index contributed by atoms with van der Waals surface area (Å²) in [6.07, 6.45) is 0.237. The minimum atomic E-state index is -1.84. The Balaban J connectivity index is 2.70. The van der Waals surface area contributed by atoms with Crippen molar-refractivity contribution >= 4 is 42.1 Å². The topological polar surface area (TPSA) is 98.7 Å². The van der Waals surface area contributed by atoms with Crippen molar-refractivity contribution in [3.8, 4) is 0 Å². The number of hydrogen-bond donors (Lipinski definition) is 4. The molecule has 0 bridgehead atoms. The van der Waals surface area contributed by atoms with E-state index in [9.17, 15) is 19.6 Å². The lowest BCUT2D eigenvalue weighted by Crippen LogP contribution is -2.50. The van der Waals surface area contributed by atoms with E-state index in [-0.39, 0.29) is 22.9 Å². The maximum Gasteiger partial charge on any atom is 0.475 e. The van der Waals surface area contributed by atoms with Crippen LogP contribution in [-0.2, 0) is 4.79 Å². The summed E-state index contributed by atoms with van der Waals surface area (Å²) in [5.74, 6) is -2.42. The third kappa shape index (κ3) is 6.79. The van der Waals surface area contributed by atoms with Crippen LogP contribution in [0.1, 0.15) is 30.6 Å². The first-order valence-electron chi connectivity index (χ1n) is 7.48. The molecule has 4 N–H and O–H groups in total. The Bertz CT molecular complexity index is 604. The molecule has 0 unspecified atom stereocenters. The van der Waals surface area contributed by atoms with Gasteiger partial charge in [0.1, 0.15) is 0 Å². The summed E-state index contributed by atoms with van der Waals surface area (Å²) >= 11 is 11.7. The predicted molar refractivity (Wildman–Crippen MR) is 90.4 cm³/mol. The van der Waals surface area contributed by atoms with E-state index in [4.69, 9.17) is 24.6 Å². The Morgan fingerprint density at radius 1 is 1.35 bits per heavy atom. The average Bonchev–Trinajstić information content (AvgIpc) is 2.51. The highest BCUT2D eigenvalue weighted by molar-refractivity contribution is 6.43. The highest BCUT2D eigenvalue weighted by atomic mass is 35.5. The van der Waals surface area contributed by atoms with Crippen LogP contribution in [0.2, 0.25) is 11.5 Å². The van der Waals surface area contributed by atoms with Gasteiger partial charge in [-0.3, -0.25) is 9.59 Å². The fraction of sp³-hybridized carbons (Fsp3) is 0.429. The Morgan fingerprint density at radius 3 is 2.57 bits per heavy atom. The first-order valence-corrected chi connectivity index (χ1v) is 7.79. The van der Waals surface area contributed by atoms with Crippen LogP contribution >= 0.6 is 23.2 Å². The molecule has 1 atom stereocenters. The molecule has 23 heavy (non-hydrogen) atoms. The van der Waals surface area contributed by atoms with Crippen molar-refractivity contribution in [2.24, 2.45) is 5.92 Å². The molecule has 0 spiro atoms. The zero-order valence-corrected chi connectivity index (χ0v) is 14.3. The lowest BCUT2D eigenvalue weighted by Gasteiger charge is -2.19. The summed E-state index contributed by atoms with van der Waals surface area (Å²) in [7, 11) is -1.84. The van der Waals surface area contributed by atoms with Crippen molar-refractivity contribution in [2.75, 3.05) is 6.54 Å². The van der Waals surface area contributed by atoms with E-state index >= 15 is 0 Å². The summed E-state index contributed by atoms with van der Waals surface area (Å²) in [5.41, 5.74) is 0.106. The molecule has 0 fully saturated rings. The van der Waals surface area contributed by atoms with Crippen molar-refractivity contribution in [3.63, 3.8) is 0 Å². The van der Waals surface area contributed by atoms with Crippen molar-refractivity contribution in [1.82, 2.24) is 10.6 Å². The van der Waals surface area contributed by atoms with Gasteiger partial charge in [-0.1, -0.05) is 37.0 Å². The highest BCUT2D eigenvalue weighted by Crippen LogP contribution is 2.20. The third-order valence-corrected chi connectivity index (χ3v) is 3.50. The Kier molecular flexibility index (Phi) is 7.17. The summed E-state index contributed by atoms with van der Waals surface area (Å²) in [6, 6.07) is 4.34. The molecule has 0 saturated heterocycles. The number of rotatable bonds is 7. The van der Waals surface area contributed by atoms with E-state index in [0.717, 1.165) is 0 Å². The summed E-state index contributed by atoms with van der Waals surface area (Å²) in [4.78, 5) is 24.0. The van der Waals surface area contributed by atoms with Gasteiger partial charge in [0, 0.05) is 5.02 Å². The quantitative estimate of drug-likeness (QED) is 0.549. The van der Waals surface area contributed by atoms with Crippen molar-refractivity contribution in [1.29, 1.82) is 0 Å². The number of hydrogen-bond acceptors (Lipinski definition) is 4. The molecule has 1 aromatic carbocycles. The Labute approximate surface area is 146 Å². The van der Waals surface area contributed by atoms with Crippen molar-refractivity contribution in [2.45, 2.75) is 26.2 Å². The molecule has 0 aromatic heterocycles. The van der Waals surface area contributed by atoms with Gasteiger partial charge in [-0.15, -0.1) is 0 Å². The number of carbonyl (C=O) groups is 2. The molecule has 2 amide bonds. The number of amides is 2. The smallest absolute Gasteiger partial charge is 0.426 e. The van der Waals surface area contributed by atoms with Crippen LogP contribution in [0.15, 0.2) is 18.2 Å². The second-order valence-corrected chi connectivity index (χ2v) is 6.28. The standard InChI is InChI=1S/C14H19BCl2N2O4/c1-8(2)5-12(15(22)23)19-13(20)7-18-14(21)10-6-9(16)3-4-11(10)17/h3-4,6,8,12,22-23H,5,7H2,1-2H3,(H,18,21)(H,19,20)/t12-/m0/s1/i/hD. The number of benzene rings is 1. The van der Waals surface area contributed by atoms with E-state index in [1.54, 1.807) is 0 Å². The van der Waals surface area contributed by atoms with Gasteiger partial charge >= 0.3 is 7.12 Å². The zero-order chi connectivity index (χ0) is 18.4. The normalized spacial score (nSPS) is 12.6. The lowest BCUT2D eigenvalue weighted by atomic mass is 9.75. The molecule has 0 aliphatic heterocycles. The predicted octanol–water partition coefficient (Wildman–Crippen LogP) is 1.27. The van der Waals surface area contributed by atoms with Crippen LogP contribution < -0.4 is 10.6 Å². The van der Waals surface area contributed by atoms with Gasteiger partial charge in [0.25, 0.3) is 5.91 Å². The van der Waals surface area contributed by atoms with Gasteiger partial charge in [-0.25, -0.2) is 0 Å². The Morgan fingerprint density at radius 2 is 2.00 bits per heavy atom. The fourth-order valence-corrected chi connectivity index (χ4v) is 2.25. The van der Waals surface area contributed by atoms with Crippen LogP contribution in [0.4, 0.5) is 0 Å². The average molecular weight is 362 g/mol. The molecule has 0 radical (unpaired) electrons. The number of halogens is 2. The zero-order valence-electron chi connectivity index (χ0n) is 13.8. The largest absolute Gasteiger partial charge is 0.475 e. The molecule has 126 valence electrons. The number of nitrogens with one attached hydrogen (secondary N) is 2. The highest BCUT2D eigenvalue weighted by Gasteiger charge is 2.26. The molecule has 0 aliphatic rings. The molecular weight excluding hydrogens is 342 g/mol. The first kappa shape index (κ1) is 18.1. The maximum absolute atomic E-state index is 12.0. The van der Waals surface area contributed by atoms with Gasteiger partial charge in [0.05, 0.1) is 23.1 Å². The van der Waals surface area contributed by atoms with Crippen molar-refractivity contribution in [3.05, 3.63) is 33.8 Å². The van der Waals surface area contributed by atoms with Gasteiger partial charge in [-0.05, 0) is 30.5 Å². The van der Waals surface area contributed by atoms with Crippen LogP contribution in [0, 0.1) is 5.92 Å². The SMILES string of the molecule is [2H]N(C(=O)CNC(=O)c1cc(Cl)ccc1Cl)[C@@H](CC(C)C)B(O)O. The minimum absolute atomic E-state index is 0.0531. The second kappa shape index (κ2) is 9.13. The fourth-order valence-electron chi connectivity index (χ4n) is 1.88. The van der Waals surface area contributed by atoms with Crippen LogP contribution in [0.3, 0.4) is 0 Å². The molecule has 1 rings (SSSR count). The third-order valence-electron chi connectivity index (χ3n) is 2.94. The van der Waals surface area contributed by atoms with E-state index < -0.39 is 31.4 Å². The van der Waals surface area contributed by atoms with E-state index in [1.165, 1.54) is 18.2 Å². The molecule has 0 heterocycles.